The molecule has 1 fully saturated rings. The maximum absolute atomic E-state index is 10.7. The van der Waals surface area contributed by atoms with Gasteiger partial charge < -0.3 is 15.6 Å². The van der Waals surface area contributed by atoms with Crippen LogP contribution in [0.15, 0.2) is 24.3 Å². The van der Waals surface area contributed by atoms with Crippen LogP contribution in [0.2, 0.25) is 0 Å². The molecule has 15 heavy (non-hydrogen) atoms. The normalized spacial score (nSPS) is 17.4. The molecule has 1 heterocycles. The molecule has 0 unspecified atom stereocenters. The van der Waals surface area contributed by atoms with Gasteiger partial charge in [-0.3, -0.25) is 0 Å². The molecule has 0 spiro atoms. The molecule has 1 saturated heterocycles. The van der Waals surface area contributed by atoms with Gasteiger partial charge in [0, 0.05) is 0 Å². The summed E-state index contributed by atoms with van der Waals surface area (Å²) in [5.41, 5.74) is 6.57. The first kappa shape index (κ1) is 12.0. The molecule has 1 aliphatic rings. The molecule has 0 aliphatic carbocycles. The molecule has 82 valence electrons. The molecule has 1 aromatic carbocycles. The summed E-state index contributed by atoms with van der Waals surface area (Å²) in [6, 6.07) is 6.68. The fourth-order valence-corrected chi connectivity index (χ4v) is 1.45. The molecular weight excluding hydrogens is 218 g/mol. The predicted molar refractivity (Wildman–Crippen MR) is 57.3 cm³/mol. The number of benzene rings is 1. The van der Waals surface area contributed by atoms with Crippen LogP contribution in [0.5, 0.6) is 0 Å². The molecule has 3 N–H and O–H groups in total. The van der Waals surface area contributed by atoms with E-state index < -0.39 is 11.5 Å². The Bertz CT molecular complexity index is 377. The van der Waals surface area contributed by atoms with Crippen LogP contribution in [0.3, 0.4) is 0 Å². The molecular formula is C10H12ClNO3. The van der Waals surface area contributed by atoms with Crippen molar-refractivity contribution in [3.05, 3.63) is 35.4 Å². The van der Waals surface area contributed by atoms with Gasteiger partial charge in [-0.15, -0.1) is 12.4 Å². The van der Waals surface area contributed by atoms with Crippen LogP contribution < -0.4 is 5.73 Å². The van der Waals surface area contributed by atoms with E-state index in [0.717, 1.165) is 5.56 Å². The van der Waals surface area contributed by atoms with Gasteiger partial charge in [0.15, 0.2) is 0 Å². The van der Waals surface area contributed by atoms with Gasteiger partial charge in [0.2, 0.25) is 0 Å². The van der Waals surface area contributed by atoms with Crippen molar-refractivity contribution in [2.75, 3.05) is 13.2 Å². The van der Waals surface area contributed by atoms with Crippen molar-refractivity contribution >= 4 is 18.4 Å². The third-order valence-electron chi connectivity index (χ3n) is 2.40. The SMILES string of the molecule is Cl.NC1(c2cccc(C(=O)O)c2)COC1. The topological polar surface area (TPSA) is 72.6 Å². The maximum Gasteiger partial charge on any atom is 0.335 e. The highest BCUT2D eigenvalue weighted by molar-refractivity contribution is 5.87. The summed E-state index contributed by atoms with van der Waals surface area (Å²) in [4.78, 5) is 10.7. The second-order valence-corrected chi connectivity index (χ2v) is 3.53. The third-order valence-corrected chi connectivity index (χ3v) is 2.40. The molecule has 1 aliphatic heterocycles. The summed E-state index contributed by atoms with van der Waals surface area (Å²) < 4.78 is 5.02. The highest BCUT2D eigenvalue weighted by Gasteiger charge is 2.36. The van der Waals surface area contributed by atoms with E-state index in [-0.39, 0.29) is 18.0 Å². The van der Waals surface area contributed by atoms with Crippen molar-refractivity contribution in [2.24, 2.45) is 5.73 Å². The molecule has 0 radical (unpaired) electrons. The molecule has 5 heteroatoms. The lowest BCUT2D eigenvalue weighted by Crippen LogP contribution is -2.54. The van der Waals surface area contributed by atoms with Crippen LogP contribution in [0.1, 0.15) is 15.9 Å². The molecule has 0 saturated carbocycles. The largest absolute Gasteiger partial charge is 0.478 e. The highest BCUT2D eigenvalue weighted by Crippen LogP contribution is 2.26. The monoisotopic (exact) mass is 229 g/mol. The lowest BCUT2D eigenvalue weighted by Gasteiger charge is -2.38. The Morgan fingerprint density at radius 1 is 1.47 bits per heavy atom. The molecule has 0 amide bonds. The minimum atomic E-state index is -0.935. The van der Waals surface area contributed by atoms with Gasteiger partial charge in [0.05, 0.1) is 24.3 Å². The molecule has 0 bridgehead atoms. The van der Waals surface area contributed by atoms with Crippen molar-refractivity contribution in [3.63, 3.8) is 0 Å². The van der Waals surface area contributed by atoms with Gasteiger partial charge in [-0.1, -0.05) is 12.1 Å². The molecule has 0 atom stereocenters. The van der Waals surface area contributed by atoms with Crippen LogP contribution in [-0.2, 0) is 10.3 Å². The second kappa shape index (κ2) is 4.18. The van der Waals surface area contributed by atoms with Gasteiger partial charge in [0.1, 0.15) is 0 Å². The first-order valence-electron chi connectivity index (χ1n) is 4.32. The zero-order chi connectivity index (χ0) is 10.2. The summed E-state index contributed by atoms with van der Waals surface area (Å²) >= 11 is 0. The average Bonchev–Trinajstić information content (AvgIpc) is 2.14. The van der Waals surface area contributed by atoms with E-state index in [1.807, 2.05) is 6.07 Å². The zero-order valence-corrected chi connectivity index (χ0v) is 8.79. The van der Waals surface area contributed by atoms with Crippen LogP contribution >= 0.6 is 12.4 Å². The Morgan fingerprint density at radius 2 is 2.13 bits per heavy atom. The third kappa shape index (κ3) is 2.12. The standard InChI is InChI=1S/C10H11NO3.ClH/c11-10(5-14-6-10)8-3-1-2-7(4-8)9(12)13;/h1-4H,5-6,11H2,(H,12,13);1H. The van der Waals surface area contributed by atoms with Gasteiger partial charge in [-0.2, -0.15) is 0 Å². The molecule has 4 nitrogen and oxygen atoms in total. The number of carboxylic acids is 1. The van der Waals surface area contributed by atoms with E-state index >= 15 is 0 Å². The Hall–Kier alpha value is -1.10. The van der Waals surface area contributed by atoms with Gasteiger partial charge >= 0.3 is 5.97 Å². The highest BCUT2D eigenvalue weighted by atomic mass is 35.5. The summed E-state index contributed by atoms with van der Waals surface area (Å²) in [5.74, 6) is -0.935. The van der Waals surface area contributed by atoms with E-state index in [9.17, 15) is 4.79 Å². The van der Waals surface area contributed by atoms with E-state index in [1.54, 1.807) is 18.2 Å². The summed E-state index contributed by atoms with van der Waals surface area (Å²) in [5, 5.41) is 8.79. The fraction of sp³-hybridized carbons (Fsp3) is 0.300. The number of carboxylic acid groups (broad SMARTS) is 1. The van der Waals surface area contributed by atoms with Crippen molar-refractivity contribution < 1.29 is 14.6 Å². The van der Waals surface area contributed by atoms with Crippen molar-refractivity contribution in [1.82, 2.24) is 0 Å². The molecule has 1 aromatic rings. The average molecular weight is 230 g/mol. The number of aromatic carboxylic acids is 1. The zero-order valence-electron chi connectivity index (χ0n) is 7.97. The number of carbonyl (C=O) groups is 1. The molecule has 0 aromatic heterocycles. The Balaban J connectivity index is 0.00000112. The van der Waals surface area contributed by atoms with Crippen LogP contribution in [0, 0.1) is 0 Å². The van der Waals surface area contributed by atoms with Gasteiger partial charge in [0.25, 0.3) is 0 Å². The predicted octanol–water partition coefficient (Wildman–Crippen LogP) is 0.991. The number of rotatable bonds is 2. The first-order valence-corrected chi connectivity index (χ1v) is 4.32. The number of halogens is 1. The number of nitrogens with two attached hydrogens (primary N) is 1. The van der Waals surface area contributed by atoms with Crippen molar-refractivity contribution in [3.8, 4) is 0 Å². The summed E-state index contributed by atoms with van der Waals surface area (Å²) in [7, 11) is 0. The Morgan fingerprint density at radius 3 is 2.60 bits per heavy atom. The maximum atomic E-state index is 10.7. The van der Waals surface area contributed by atoms with E-state index in [4.69, 9.17) is 15.6 Å². The van der Waals surface area contributed by atoms with Gasteiger partial charge in [-0.05, 0) is 17.7 Å². The number of hydrogen-bond acceptors (Lipinski definition) is 3. The lowest BCUT2D eigenvalue weighted by atomic mass is 9.88. The van der Waals surface area contributed by atoms with E-state index in [1.165, 1.54) is 0 Å². The number of hydrogen-bond donors (Lipinski definition) is 2. The fourth-order valence-electron chi connectivity index (χ4n) is 1.45. The van der Waals surface area contributed by atoms with Crippen molar-refractivity contribution in [1.29, 1.82) is 0 Å². The smallest absolute Gasteiger partial charge is 0.335 e. The minimum absolute atomic E-state index is 0. The number of ether oxygens (including phenoxy) is 1. The Labute approximate surface area is 93.4 Å². The van der Waals surface area contributed by atoms with Crippen LogP contribution in [-0.4, -0.2) is 24.3 Å². The van der Waals surface area contributed by atoms with Gasteiger partial charge in [-0.25, -0.2) is 4.79 Å². The van der Waals surface area contributed by atoms with Crippen LogP contribution in [0.25, 0.3) is 0 Å². The molecule has 2 rings (SSSR count). The second-order valence-electron chi connectivity index (χ2n) is 3.53. The minimum Gasteiger partial charge on any atom is -0.478 e. The Kier molecular flexibility index (Phi) is 3.34. The van der Waals surface area contributed by atoms with Crippen LogP contribution in [0.4, 0.5) is 0 Å². The summed E-state index contributed by atoms with van der Waals surface area (Å²) in [6.07, 6.45) is 0. The first-order chi connectivity index (χ1) is 6.62. The van der Waals surface area contributed by atoms with E-state index in [0.29, 0.717) is 13.2 Å². The van der Waals surface area contributed by atoms with Crippen molar-refractivity contribution in [2.45, 2.75) is 5.54 Å². The quantitative estimate of drug-likeness (QED) is 0.793. The lowest BCUT2D eigenvalue weighted by molar-refractivity contribution is -0.0569. The summed E-state index contributed by atoms with van der Waals surface area (Å²) in [6.45, 7) is 0.909. The van der Waals surface area contributed by atoms with E-state index in [2.05, 4.69) is 0 Å².